The van der Waals surface area contributed by atoms with E-state index in [-0.39, 0.29) is 0 Å². The summed E-state index contributed by atoms with van der Waals surface area (Å²) in [6.07, 6.45) is 1.61. The molecule has 5 heteroatoms. The summed E-state index contributed by atoms with van der Waals surface area (Å²) in [6.45, 7) is 0. The molecule has 0 aliphatic carbocycles. The zero-order valence-corrected chi connectivity index (χ0v) is 10.3. The van der Waals surface area contributed by atoms with Gasteiger partial charge in [0.25, 0.3) is 0 Å². The minimum Gasteiger partial charge on any atom is -0.234 e. The first-order valence-electron chi connectivity index (χ1n) is 2.82. The van der Waals surface area contributed by atoms with E-state index < -0.39 is 0 Å². The van der Waals surface area contributed by atoms with E-state index in [1.54, 1.807) is 17.7 Å². The van der Waals surface area contributed by atoms with Crippen LogP contribution in [-0.4, -0.2) is 9.97 Å². The van der Waals surface area contributed by atoms with Crippen molar-refractivity contribution in [1.29, 1.82) is 0 Å². The molecule has 0 N–H and O–H groups in total. The molecule has 2 aromatic rings. The molecule has 0 amide bonds. The molecule has 0 bridgehead atoms. The Kier molecular flexibility index (Phi) is 2.28. The maximum absolute atomic E-state index is 4.19. The number of nitrogens with zero attached hydrogens (tertiary/aromatic N) is 2. The van der Waals surface area contributed by atoms with Gasteiger partial charge in [-0.1, -0.05) is 0 Å². The quantitative estimate of drug-likeness (QED) is 0.513. The van der Waals surface area contributed by atoms with Crippen LogP contribution < -0.4 is 0 Å². The van der Waals surface area contributed by atoms with E-state index >= 15 is 0 Å². The second-order valence-electron chi connectivity index (χ2n) is 1.93. The molecular weight excluding hydrogens is 386 g/mol. The fourth-order valence-electron chi connectivity index (χ4n) is 0.793. The summed E-state index contributed by atoms with van der Waals surface area (Å²) in [7, 11) is 0. The normalized spacial score (nSPS) is 10.7. The highest BCUT2D eigenvalue weighted by molar-refractivity contribution is 14.1. The lowest BCUT2D eigenvalue weighted by molar-refractivity contribution is 1.20. The van der Waals surface area contributed by atoms with Crippen LogP contribution >= 0.6 is 56.5 Å². The lowest BCUT2D eigenvalue weighted by Crippen LogP contribution is -1.82. The number of thiophene rings is 1. The third-order valence-corrected chi connectivity index (χ3v) is 4.67. The number of hydrogen-bond acceptors (Lipinski definition) is 3. The maximum atomic E-state index is 4.19. The Morgan fingerprint density at radius 3 is 2.82 bits per heavy atom. The fraction of sp³-hybridized carbons (Fsp3) is 0. The minimum absolute atomic E-state index is 1.04. The summed E-state index contributed by atoms with van der Waals surface area (Å²) in [4.78, 5) is 8.29. The van der Waals surface area contributed by atoms with E-state index in [9.17, 15) is 0 Å². The van der Waals surface area contributed by atoms with Gasteiger partial charge in [0.05, 0.1) is 13.8 Å². The molecule has 0 fully saturated rings. The first-order chi connectivity index (χ1) is 5.29. The number of fused-ring (bicyclic) bond motifs is 1. The summed E-state index contributed by atoms with van der Waals surface area (Å²) >= 11 is 6.21. The molecule has 0 aliphatic rings. The van der Waals surface area contributed by atoms with Crippen molar-refractivity contribution in [3.05, 3.63) is 19.0 Å². The highest BCUT2D eigenvalue weighted by atomic mass is 127. The molecule has 0 unspecified atom stereocenters. The molecule has 2 aromatic heterocycles. The van der Waals surface area contributed by atoms with Gasteiger partial charge in [-0.05, 0) is 45.2 Å². The van der Waals surface area contributed by atoms with Gasteiger partial charge >= 0.3 is 0 Å². The smallest absolute Gasteiger partial charge is 0.122 e. The highest BCUT2D eigenvalue weighted by Crippen LogP contribution is 2.27. The van der Waals surface area contributed by atoms with Gasteiger partial charge in [0.15, 0.2) is 0 Å². The Balaban J connectivity index is 2.94. The third kappa shape index (κ3) is 1.37. The number of rotatable bonds is 0. The Labute approximate surface area is 94.7 Å². The van der Waals surface area contributed by atoms with Crippen LogP contribution in [-0.2, 0) is 0 Å². The molecule has 0 aliphatic heterocycles. The third-order valence-electron chi connectivity index (χ3n) is 1.27. The van der Waals surface area contributed by atoms with Crippen molar-refractivity contribution < 1.29 is 0 Å². The summed E-state index contributed by atoms with van der Waals surface area (Å²) in [6, 6.07) is 0. The summed E-state index contributed by atoms with van der Waals surface area (Å²) in [5.74, 6) is 0. The van der Waals surface area contributed by atoms with Crippen molar-refractivity contribution in [3.8, 4) is 0 Å². The van der Waals surface area contributed by atoms with Crippen molar-refractivity contribution in [1.82, 2.24) is 9.97 Å². The van der Waals surface area contributed by atoms with Crippen LogP contribution in [0.4, 0.5) is 0 Å². The van der Waals surface area contributed by atoms with Gasteiger partial charge in [-0.2, -0.15) is 0 Å². The first-order valence-corrected chi connectivity index (χ1v) is 5.86. The Morgan fingerprint density at radius 2 is 2.09 bits per heavy atom. The molecular formula is C6H2I2N2S. The van der Waals surface area contributed by atoms with Gasteiger partial charge < -0.3 is 0 Å². The average Bonchev–Trinajstić information content (AvgIpc) is 2.35. The molecule has 2 nitrogen and oxygen atoms in total. The van der Waals surface area contributed by atoms with Gasteiger partial charge in [-0.3, -0.25) is 0 Å². The van der Waals surface area contributed by atoms with E-state index in [0.29, 0.717) is 0 Å². The van der Waals surface area contributed by atoms with Gasteiger partial charge in [0.2, 0.25) is 0 Å². The molecule has 0 radical (unpaired) electrons. The van der Waals surface area contributed by atoms with Crippen molar-refractivity contribution in [3.63, 3.8) is 0 Å². The second kappa shape index (κ2) is 3.09. The molecule has 0 atom stereocenters. The second-order valence-corrected chi connectivity index (χ2v) is 4.99. The minimum atomic E-state index is 1.04. The van der Waals surface area contributed by atoms with Gasteiger partial charge in [-0.25, -0.2) is 9.97 Å². The fourth-order valence-corrected chi connectivity index (χ4v) is 3.29. The van der Waals surface area contributed by atoms with Crippen LogP contribution in [0.25, 0.3) is 10.2 Å². The molecule has 0 spiro atoms. The predicted molar refractivity (Wildman–Crippen MR) is 62.8 cm³/mol. The van der Waals surface area contributed by atoms with E-state index in [4.69, 9.17) is 0 Å². The van der Waals surface area contributed by atoms with E-state index in [1.165, 1.54) is 8.27 Å². The van der Waals surface area contributed by atoms with Crippen LogP contribution in [0.5, 0.6) is 0 Å². The highest BCUT2D eigenvalue weighted by Gasteiger charge is 2.05. The summed E-state index contributed by atoms with van der Waals surface area (Å²) in [5, 5.41) is 2.10. The van der Waals surface area contributed by atoms with E-state index in [1.807, 2.05) is 0 Å². The Bertz CT molecular complexity index is 398. The van der Waals surface area contributed by atoms with Gasteiger partial charge in [0.1, 0.15) is 10.0 Å². The van der Waals surface area contributed by atoms with E-state index in [2.05, 4.69) is 60.5 Å². The van der Waals surface area contributed by atoms with Crippen LogP contribution in [0.3, 0.4) is 0 Å². The molecule has 2 heterocycles. The molecule has 2 rings (SSSR count). The molecule has 0 saturated carbocycles. The van der Waals surface area contributed by atoms with Crippen LogP contribution in [0.2, 0.25) is 0 Å². The lowest BCUT2D eigenvalue weighted by atomic mass is 10.5. The number of hydrogen-bond donors (Lipinski definition) is 0. The summed E-state index contributed by atoms with van der Waals surface area (Å²) < 4.78 is 3.45. The summed E-state index contributed by atoms with van der Waals surface area (Å²) in [5.41, 5.74) is 1.08. The van der Waals surface area contributed by atoms with Crippen molar-refractivity contribution in [2.45, 2.75) is 0 Å². The number of aromatic nitrogens is 2. The standard InChI is InChI=1S/C6H2I2N2S/c7-3-1-11-5-4(3)9-2-10-6(5)8/h1-2H. The van der Waals surface area contributed by atoms with Gasteiger partial charge in [-0.15, -0.1) is 11.3 Å². The Morgan fingerprint density at radius 1 is 1.27 bits per heavy atom. The predicted octanol–water partition coefficient (Wildman–Crippen LogP) is 2.90. The Hall–Kier alpha value is 0.500. The molecule has 11 heavy (non-hydrogen) atoms. The molecule has 0 aromatic carbocycles. The zero-order chi connectivity index (χ0) is 7.84. The van der Waals surface area contributed by atoms with Crippen molar-refractivity contribution >= 4 is 66.7 Å². The average molecular weight is 388 g/mol. The number of halogens is 2. The first kappa shape index (κ1) is 8.11. The van der Waals surface area contributed by atoms with Crippen molar-refractivity contribution in [2.24, 2.45) is 0 Å². The molecule has 56 valence electrons. The van der Waals surface area contributed by atoms with Gasteiger partial charge in [0, 0.05) is 5.38 Å². The van der Waals surface area contributed by atoms with E-state index in [0.717, 1.165) is 9.22 Å². The zero-order valence-electron chi connectivity index (χ0n) is 5.21. The topological polar surface area (TPSA) is 25.8 Å². The van der Waals surface area contributed by atoms with Crippen LogP contribution in [0, 0.1) is 7.27 Å². The SMILES string of the molecule is Ic1csc2c(I)ncnc12. The monoisotopic (exact) mass is 388 g/mol. The largest absolute Gasteiger partial charge is 0.234 e. The lowest BCUT2D eigenvalue weighted by Gasteiger charge is -1.89. The van der Waals surface area contributed by atoms with Crippen molar-refractivity contribution in [2.75, 3.05) is 0 Å². The van der Waals surface area contributed by atoms with Crippen LogP contribution in [0.15, 0.2) is 11.7 Å². The van der Waals surface area contributed by atoms with Crippen LogP contribution in [0.1, 0.15) is 0 Å². The molecule has 0 saturated heterocycles. The maximum Gasteiger partial charge on any atom is 0.122 e.